The molecule has 0 aromatic heterocycles. The Morgan fingerprint density at radius 3 is 0.950 bits per heavy atom. The Labute approximate surface area is 471 Å². The third-order valence-electron chi connectivity index (χ3n) is 19.2. The SMILES string of the molecule is Cc1cc(C)c(-c2cc3c4c(cc5c(-c6c(C)cc(C)cc6C)cc6c7c(cc2c4c57)B2c4ccccc4N(c4c(C)cc(C)cc4C)c4cccc-6c42)B2c4ccccc4N(c4c(C)cc(C)cc4C)c4cccc-3c42)c(C)c1. The van der Waals surface area contributed by atoms with Crippen molar-refractivity contribution in [1.82, 2.24) is 0 Å². The zero-order chi connectivity index (χ0) is 54.6. The summed E-state index contributed by atoms with van der Waals surface area (Å²) in [5.74, 6) is 0. The van der Waals surface area contributed by atoms with E-state index in [0.717, 1.165) is 0 Å². The van der Waals surface area contributed by atoms with E-state index in [2.05, 4.69) is 251 Å². The smallest absolute Gasteiger partial charge is 0.248 e. The van der Waals surface area contributed by atoms with E-state index in [9.17, 15) is 0 Å². The number of para-hydroxylation sites is 2. The quantitative estimate of drug-likeness (QED) is 0.128. The average molecular weight is 1020 g/mol. The van der Waals surface area contributed by atoms with Crippen LogP contribution in [0.25, 0.3) is 76.8 Å². The molecule has 0 unspecified atom stereocenters. The standard InChI is InChI=1S/C76H62B2N2/c1-39-27-43(5)67(44(6)28-39)55-35-53-51-19-17-25-65-73(51)78(60-22-14-16-24-64(60)79(65)75-47(9)31-41(3)32-48(75)10)62-38-58-56(68-45(7)29-40(2)30-46(68)8)36-54-52-20-18-26-66-74(52)77(61-37-57(55)71(69(53)62)72(58)70(54)61)59-21-13-15-23-63(59)80(66)76-49(11)33-42(4)34-50(76)12/h13-38H,1-12H3. The summed E-state index contributed by atoms with van der Waals surface area (Å²) in [7, 11) is 0. The highest BCUT2D eigenvalue weighted by Crippen LogP contribution is 2.54. The van der Waals surface area contributed by atoms with Gasteiger partial charge >= 0.3 is 0 Å². The van der Waals surface area contributed by atoms with Crippen molar-refractivity contribution >= 4 is 113 Å². The van der Waals surface area contributed by atoms with Gasteiger partial charge in [0.05, 0.1) is 11.4 Å². The predicted molar refractivity (Wildman–Crippen MR) is 347 cm³/mol. The average Bonchev–Trinajstić information content (AvgIpc) is 3.07. The Bertz CT molecular complexity index is 4430. The van der Waals surface area contributed by atoms with Gasteiger partial charge in [-0.1, -0.05) is 155 Å². The summed E-state index contributed by atoms with van der Waals surface area (Å²) in [6, 6.07) is 62.8. The summed E-state index contributed by atoms with van der Waals surface area (Å²) in [4.78, 5) is 5.22. The van der Waals surface area contributed by atoms with Crippen molar-refractivity contribution in [2.24, 2.45) is 0 Å². The van der Waals surface area contributed by atoms with Gasteiger partial charge in [-0.05, 0) is 263 Å². The van der Waals surface area contributed by atoms with Crippen molar-refractivity contribution in [3.05, 3.63) is 224 Å². The molecular weight excluding hydrogens is 962 g/mol. The van der Waals surface area contributed by atoms with Crippen LogP contribution in [0, 0.1) is 83.1 Å². The van der Waals surface area contributed by atoms with Crippen LogP contribution in [0.2, 0.25) is 0 Å². The van der Waals surface area contributed by atoms with E-state index in [4.69, 9.17) is 0 Å². The minimum absolute atomic E-state index is 0.000745. The third kappa shape index (κ3) is 6.17. The van der Waals surface area contributed by atoms with Crippen molar-refractivity contribution in [1.29, 1.82) is 0 Å². The summed E-state index contributed by atoms with van der Waals surface area (Å²) in [5.41, 5.74) is 42.2. The lowest BCUT2D eigenvalue weighted by molar-refractivity contribution is 1.21. The van der Waals surface area contributed by atoms with E-state index in [1.54, 1.807) is 0 Å². The molecule has 0 saturated carbocycles. The number of benzene rings is 12. The number of nitrogens with zero attached hydrogens (tertiary/aromatic N) is 2. The van der Waals surface area contributed by atoms with Crippen LogP contribution in [-0.4, -0.2) is 13.4 Å². The molecule has 80 heavy (non-hydrogen) atoms. The number of aryl methyl sites for hydroxylation is 12. The van der Waals surface area contributed by atoms with Crippen LogP contribution in [0.4, 0.5) is 34.1 Å². The van der Waals surface area contributed by atoms with Crippen LogP contribution in [0.3, 0.4) is 0 Å². The van der Waals surface area contributed by atoms with Crippen LogP contribution >= 0.6 is 0 Å². The molecule has 4 heteroatoms. The van der Waals surface area contributed by atoms with Gasteiger partial charge < -0.3 is 9.80 Å². The fourth-order valence-electron chi connectivity index (χ4n) is 17.0. The molecule has 4 heterocycles. The molecule has 12 aromatic carbocycles. The lowest BCUT2D eigenvalue weighted by atomic mass is 9.31. The van der Waals surface area contributed by atoms with Crippen molar-refractivity contribution in [3.8, 4) is 44.5 Å². The van der Waals surface area contributed by atoms with Gasteiger partial charge in [-0.2, -0.15) is 0 Å². The highest BCUT2D eigenvalue weighted by atomic mass is 15.2. The third-order valence-corrected chi connectivity index (χ3v) is 19.2. The number of hydrogen-bond donors (Lipinski definition) is 0. The van der Waals surface area contributed by atoms with Crippen molar-refractivity contribution < 1.29 is 0 Å². The second-order valence-electron chi connectivity index (χ2n) is 24.6. The van der Waals surface area contributed by atoms with Crippen LogP contribution in [0.1, 0.15) is 66.8 Å². The molecular formula is C76H62B2N2. The molecule has 4 aliphatic rings. The molecule has 0 fully saturated rings. The minimum Gasteiger partial charge on any atom is -0.311 e. The van der Waals surface area contributed by atoms with Gasteiger partial charge in [0.1, 0.15) is 0 Å². The summed E-state index contributed by atoms with van der Waals surface area (Å²) < 4.78 is 0. The van der Waals surface area contributed by atoms with Crippen LogP contribution in [0.15, 0.2) is 158 Å². The van der Waals surface area contributed by atoms with Crippen LogP contribution in [-0.2, 0) is 0 Å². The minimum atomic E-state index is 0.000745. The zero-order valence-corrected chi connectivity index (χ0v) is 48.1. The molecule has 16 rings (SSSR count). The van der Waals surface area contributed by atoms with E-state index in [1.165, 1.54) is 210 Å². The summed E-state index contributed by atoms with van der Waals surface area (Å²) in [6.07, 6.45) is 0. The van der Waals surface area contributed by atoms with Gasteiger partial charge in [0, 0.05) is 22.7 Å². The molecule has 0 atom stereocenters. The summed E-state index contributed by atoms with van der Waals surface area (Å²) in [5, 5.41) is 8.27. The lowest BCUT2D eigenvalue weighted by Crippen LogP contribution is -2.60. The topological polar surface area (TPSA) is 6.48 Å². The van der Waals surface area contributed by atoms with Crippen molar-refractivity contribution in [3.63, 3.8) is 0 Å². The molecule has 0 bridgehead atoms. The van der Waals surface area contributed by atoms with E-state index >= 15 is 0 Å². The van der Waals surface area contributed by atoms with Gasteiger partial charge in [-0.3, -0.25) is 0 Å². The highest BCUT2D eigenvalue weighted by Gasteiger charge is 2.46. The predicted octanol–water partition coefficient (Wildman–Crippen LogP) is 16.2. The molecule has 0 spiro atoms. The Kier molecular flexibility index (Phi) is 9.78. The first-order valence-electron chi connectivity index (χ1n) is 28.9. The molecule has 4 aliphatic heterocycles. The Balaban J connectivity index is 1.12. The zero-order valence-electron chi connectivity index (χ0n) is 48.1. The van der Waals surface area contributed by atoms with Crippen molar-refractivity contribution in [2.75, 3.05) is 9.80 Å². The number of anilines is 6. The Hall–Kier alpha value is -8.59. The first kappa shape index (κ1) is 47.4. The van der Waals surface area contributed by atoms with Crippen molar-refractivity contribution in [2.45, 2.75) is 83.1 Å². The van der Waals surface area contributed by atoms with E-state index in [1.807, 2.05) is 0 Å². The van der Waals surface area contributed by atoms with Crippen LogP contribution in [0.5, 0.6) is 0 Å². The van der Waals surface area contributed by atoms with E-state index in [0.29, 0.717) is 0 Å². The first-order valence-corrected chi connectivity index (χ1v) is 28.9. The second-order valence-corrected chi connectivity index (χ2v) is 24.6. The maximum atomic E-state index is 2.70. The van der Waals surface area contributed by atoms with E-state index in [-0.39, 0.29) is 13.4 Å². The monoisotopic (exact) mass is 1020 g/mol. The second kappa shape index (κ2) is 16.5. The van der Waals surface area contributed by atoms with Gasteiger partial charge in [0.15, 0.2) is 0 Å². The fraction of sp³-hybridized carbons (Fsp3) is 0.158. The molecule has 0 aliphatic carbocycles. The number of hydrogen-bond acceptors (Lipinski definition) is 2. The molecule has 0 saturated heterocycles. The fourth-order valence-corrected chi connectivity index (χ4v) is 17.0. The molecule has 0 N–H and O–H groups in total. The lowest BCUT2D eigenvalue weighted by Gasteiger charge is -2.43. The largest absolute Gasteiger partial charge is 0.311 e. The molecule has 0 amide bonds. The van der Waals surface area contributed by atoms with Gasteiger partial charge in [-0.25, -0.2) is 0 Å². The molecule has 0 radical (unpaired) electrons. The van der Waals surface area contributed by atoms with Crippen LogP contribution < -0.4 is 42.6 Å². The summed E-state index contributed by atoms with van der Waals surface area (Å²) >= 11 is 0. The first-order chi connectivity index (χ1) is 38.7. The van der Waals surface area contributed by atoms with Gasteiger partial charge in [-0.15, -0.1) is 0 Å². The normalized spacial score (nSPS) is 13.4. The Morgan fingerprint density at radius 1 is 0.263 bits per heavy atom. The Morgan fingerprint density at radius 2 is 0.588 bits per heavy atom. The number of rotatable bonds is 4. The van der Waals surface area contributed by atoms with E-state index < -0.39 is 0 Å². The molecule has 382 valence electrons. The maximum absolute atomic E-state index is 2.70. The molecule has 2 nitrogen and oxygen atoms in total. The molecule has 12 aromatic rings. The maximum Gasteiger partial charge on any atom is 0.248 e. The number of fused-ring (bicyclic) bond motifs is 8. The highest BCUT2D eigenvalue weighted by molar-refractivity contribution is 7.02. The van der Waals surface area contributed by atoms with Gasteiger partial charge in [0.2, 0.25) is 13.4 Å². The van der Waals surface area contributed by atoms with Gasteiger partial charge in [0.25, 0.3) is 0 Å². The summed E-state index contributed by atoms with van der Waals surface area (Å²) in [6.45, 7) is 27.5.